The number of non-ortho nitro benzene ring substituents is 1. The van der Waals surface area contributed by atoms with Gasteiger partial charge in [-0.1, -0.05) is 18.2 Å². The fraction of sp³-hybridized carbons (Fsp3) is 0.231. The first kappa shape index (κ1) is 13.7. The van der Waals surface area contributed by atoms with Crippen molar-refractivity contribution >= 4 is 17.0 Å². The second kappa shape index (κ2) is 6.42. The first-order chi connectivity index (χ1) is 9.16. The molecule has 1 atom stereocenters. The zero-order valence-corrected chi connectivity index (χ0v) is 11.0. The van der Waals surface area contributed by atoms with Crippen LogP contribution < -0.4 is 5.32 Å². The molecule has 0 aliphatic rings. The van der Waals surface area contributed by atoms with Crippen LogP contribution in [0.4, 0.5) is 5.69 Å². The highest BCUT2D eigenvalue weighted by atomic mass is 32.1. The minimum Gasteiger partial charge on any atom is -0.386 e. The van der Waals surface area contributed by atoms with Gasteiger partial charge in [0.2, 0.25) is 0 Å². The van der Waals surface area contributed by atoms with Crippen LogP contribution in [0, 0.1) is 10.1 Å². The van der Waals surface area contributed by atoms with Gasteiger partial charge in [0, 0.05) is 30.1 Å². The number of nitro benzene ring substituents is 1. The Kier molecular flexibility index (Phi) is 4.62. The van der Waals surface area contributed by atoms with Crippen LogP contribution in [0.2, 0.25) is 0 Å². The Morgan fingerprint density at radius 1 is 1.37 bits per heavy atom. The number of nitro groups is 1. The molecule has 2 N–H and O–H groups in total. The van der Waals surface area contributed by atoms with E-state index in [0.717, 1.165) is 10.4 Å². The summed E-state index contributed by atoms with van der Waals surface area (Å²) in [5.41, 5.74) is 0.908. The number of aliphatic hydroxyl groups is 1. The zero-order valence-electron chi connectivity index (χ0n) is 10.2. The van der Waals surface area contributed by atoms with E-state index in [1.807, 2.05) is 23.6 Å². The number of hydrogen-bond donors (Lipinski definition) is 2. The van der Waals surface area contributed by atoms with Crippen LogP contribution in [0.25, 0.3) is 0 Å². The van der Waals surface area contributed by atoms with Crippen LogP contribution >= 0.6 is 11.3 Å². The fourth-order valence-electron chi connectivity index (χ4n) is 1.71. The number of aliphatic hydroxyl groups excluding tert-OH is 1. The molecule has 0 spiro atoms. The Hall–Kier alpha value is -1.76. The topological polar surface area (TPSA) is 75.4 Å². The summed E-state index contributed by atoms with van der Waals surface area (Å²) in [6, 6.07) is 10.2. The first-order valence-electron chi connectivity index (χ1n) is 5.82. The smallest absolute Gasteiger partial charge is 0.269 e. The highest BCUT2D eigenvalue weighted by Gasteiger charge is 2.09. The van der Waals surface area contributed by atoms with Gasteiger partial charge < -0.3 is 10.4 Å². The molecule has 2 rings (SSSR count). The molecule has 1 unspecified atom stereocenters. The van der Waals surface area contributed by atoms with Crippen LogP contribution in [0.1, 0.15) is 16.5 Å². The van der Waals surface area contributed by atoms with Crippen LogP contribution in [0.15, 0.2) is 41.8 Å². The molecule has 0 saturated carbocycles. The van der Waals surface area contributed by atoms with Crippen molar-refractivity contribution in [3.8, 4) is 0 Å². The van der Waals surface area contributed by atoms with Crippen molar-refractivity contribution in [3.63, 3.8) is 0 Å². The van der Waals surface area contributed by atoms with Crippen LogP contribution in [0.5, 0.6) is 0 Å². The zero-order chi connectivity index (χ0) is 13.7. The van der Waals surface area contributed by atoms with Crippen molar-refractivity contribution in [1.82, 2.24) is 5.32 Å². The van der Waals surface area contributed by atoms with Gasteiger partial charge in [0.15, 0.2) is 0 Å². The monoisotopic (exact) mass is 278 g/mol. The van der Waals surface area contributed by atoms with E-state index in [-0.39, 0.29) is 5.69 Å². The molecule has 100 valence electrons. The van der Waals surface area contributed by atoms with Gasteiger partial charge in [-0.2, -0.15) is 0 Å². The molecule has 0 fully saturated rings. The summed E-state index contributed by atoms with van der Waals surface area (Å²) >= 11 is 1.50. The predicted octanol–water partition coefficient (Wildman–Crippen LogP) is 2.48. The lowest BCUT2D eigenvalue weighted by Crippen LogP contribution is -2.20. The molecular formula is C13H14N2O3S. The Labute approximate surface area is 114 Å². The van der Waals surface area contributed by atoms with Crippen molar-refractivity contribution in [3.05, 3.63) is 62.3 Å². The van der Waals surface area contributed by atoms with Crippen molar-refractivity contribution in [2.45, 2.75) is 12.6 Å². The Morgan fingerprint density at radius 2 is 2.21 bits per heavy atom. The molecule has 0 bridgehead atoms. The molecule has 2 aromatic rings. The second-order valence-corrected chi connectivity index (χ2v) is 5.07. The maximum atomic E-state index is 10.6. The van der Waals surface area contributed by atoms with Crippen molar-refractivity contribution in [2.75, 3.05) is 6.54 Å². The maximum absolute atomic E-state index is 10.6. The number of benzene rings is 1. The number of nitrogens with one attached hydrogen (secondary N) is 1. The van der Waals surface area contributed by atoms with E-state index in [9.17, 15) is 15.2 Å². The van der Waals surface area contributed by atoms with Gasteiger partial charge in [0.05, 0.1) is 4.92 Å². The van der Waals surface area contributed by atoms with E-state index in [1.165, 1.54) is 23.5 Å². The second-order valence-electron chi connectivity index (χ2n) is 4.09. The lowest BCUT2D eigenvalue weighted by atomic mass is 10.2. The molecule has 0 amide bonds. The molecule has 0 aliphatic heterocycles. The lowest BCUT2D eigenvalue weighted by Gasteiger charge is -2.10. The summed E-state index contributed by atoms with van der Waals surface area (Å²) in [7, 11) is 0. The van der Waals surface area contributed by atoms with Gasteiger partial charge in [-0.25, -0.2) is 0 Å². The standard InChI is InChI=1S/C13H14N2O3S/c16-12(13-5-2-6-19-13)9-14-8-10-3-1-4-11(7-10)15(17)18/h1-7,12,14,16H,8-9H2. The summed E-state index contributed by atoms with van der Waals surface area (Å²) < 4.78 is 0. The molecule has 0 radical (unpaired) electrons. The highest BCUT2D eigenvalue weighted by molar-refractivity contribution is 7.10. The summed E-state index contributed by atoms with van der Waals surface area (Å²) in [5, 5.41) is 25.5. The summed E-state index contributed by atoms with van der Waals surface area (Å²) in [5.74, 6) is 0. The third-order valence-corrected chi connectivity index (χ3v) is 3.63. The Bertz CT molecular complexity index is 543. The molecule has 6 heteroatoms. The first-order valence-corrected chi connectivity index (χ1v) is 6.70. The van der Waals surface area contributed by atoms with Gasteiger partial charge >= 0.3 is 0 Å². The molecule has 1 aromatic carbocycles. The van der Waals surface area contributed by atoms with E-state index in [1.54, 1.807) is 6.07 Å². The quantitative estimate of drug-likeness (QED) is 0.628. The average Bonchev–Trinajstić information content (AvgIpc) is 2.93. The predicted molar refractivity (Wildman–Crippen MR) is 74.1 cm³/mol. The summed E-state index contributed by atoms with van der Waals surface area (Å²) in [6.45, 7) is 0.910. The largest absolute Gasteiger partial charge is 0.386 e. The Balaban J connectivity index is 1.86. The molecule has 5 nitrogen and oxygen atoms in total. The van der Waals surface area contributed by atoms with Crippen LogP contribution in [-0.4, -0.2) is 16.6 Å². The lowest BCUT2D eigenvalue weighted by molar-refractivity contribution is -0.384. The number of rotatable bonds is 6. The van der Waals surface area contributed by atoms with E-state index in [2.05, 4.69) is 5.32 Å². The minimum absolute atomic E-state index is 0.0816. The molecule has 19 heavy (non-hydrogen) atoms. The summed E-state index contributed by atoms with van der Waals surface area (Å²) in [4.78, 5) is 11.1. The van der Waals surface area contributed by atoms with Crippen molar-refractivity contribution in [1.29, 1.82) is 0 Å². The molecule has 1 heterocycles. The fourth-order valence-corrected chi connectivity index (χ4v) is 2.43. The van der Waals surface area contributed by atoms with Gasteiger partial charge in [-0.3, -0.25) is 10.1 Å². The number of hydrogen-bond acceptors (Lipinski definition) is 5. The van der Waals surface area contributed by atoms with Gasteiger partial charge in [0.1, 0.15) is 6.10 Å². The third kappa shape index (κ3) is 3.85. The summed E-state index contributed by atoms with van der Waals surface area (Å²) in [6.07, 6.45) is -0.543. The SMILES string of the molecule is O=[N+]([O-])c1cccc(CNCC(O)c2cccs2)c1. The third-order valence-electron chi connectivity index (χ3n) is 2.66. The van der Waals surface area contributed by atoms with E-state index < -0.39 is 11.0 Å². The molecule has 0 saturated heterocycles. The maximum Gasteiger partial charge on any atom is 0.269 e. The van der Waals surface area contributed by atoms with Gasteiger partial charge in [0.25, 0.3) is 5.69 Å². The normalized spacial score (nSPS) is 12.3. The molecular weight excluding hydrogens is 264 g/mol. The molecule has 0 aliphatic carbocycles. The van der Waals surface area contributed by atoms with E-state index in [0.29, 0.717) is 13.1 Å². The van der Waals surface area contributed by atoms with E-state index in [4.69, 9.17) is 0 Å². The highest BCUT2D eigenvalue weighted by Crippen LogP contribution is 2.18. The number of thiophene rings is 1. The van der Waals surface area contributed by atoms with Crippen molar-refractivity contribution < 1.29 is 10.0 Å². The van der Waals surface area contributed by atoms with Crippen LogP contribution in [-0.2, 0) is 6.54 Å². The van der Waals surface area contributed by atoms with E-state index >= 15 is 0 Å². The minimum atomic E-state index is -0.543. The Morgan fingerprint density at radius 3 is 2.89 bits per heavy atom. The molecule has 1 aromatic heterocycles. The number of nitrogens with zero attached hydrogens (tertiary/aromatic N) is 1. The van der Waals surface area contributed by atoms with Crippen LogP contribution in [0.3, 0.4) is 0 Å². The van der Waals surface area contributed by atoms with Crippen molar-refractivity contribution in [2.24, 2.45) is 0 Å². The van der Waals surface area contributed by atoms with Gasteiger partial charge in [-0.05, 0) is 17.0 Å². The average molecular weight is 278 g/mol. The van der Waals surface area contributed by atoms with Gasteiger partial charge in [-0.15, -0.1) is 11.3 Å².